The SMILES string of the molecule is O=C(Cc1cccc(F)c1)N1CCC(n2c(-c3ccccc3)nc3ccc(F)cc32)CC1. The molecule has 1 fully saturated rings. The average molecular weight is 431 g/mol. The molecule has 0 atom stereocenters. The zero-order valence-electron chi connectivity index (χ0n) is 17.5. The second kappa shape index (κ2) is 8.54. The number of amides is 1. The van der Waals surface area contributed by atoms with Crippen LogP contribution in [0.15, 0.2) is 72.8 Å². The molecule has 5 rings (SSSR count). The van der Waals surface area contributed by atoms with E-state index in [0.29, 0.717) is 18.7 Å². The van der Waals surface area contributed by atoms with Gasteiger partial charge in [-0.25, -0.2) is 13.8 Å². The fourth-order valence-corrected chi connectivity index (χ4v) is 4.53. The summed E-state index contributed by atoms with van der Waals surface area (Å²) in [5.41, 5.74) is 3.19. The molecule has 6 heteroatoms. The van der Waals surface area contributed by atoms with E-state index in [-0.39, 0.29) is 30.0 Å². The van der Waals surface area contributed by atoms with Crippen LogP contribution in [0.25, 0.3) is 22.4 Å². The Hall–Kier alpha value is -3.54. The van der Waals surface area contributed by atoms with Gasteiger partial charge in [0.2, 0.25) is 5.91 Å². The summed E-state index contributed by atoms with van der Waals surface area (Å²) < 4.78 is 29.6. The highest BCUT2D eigenvalue weighted by molar-refractivity contribution is 5.81. The number of nitrogens with zero attached hydrogens (tertiary/aromatic N) is 3. The van der Waals surface area contributed by atoms with E-state index < -0.39 is 0 Å². The molecular weight excluding hydrogens is 408 g/mol. The molecule has 1 aromatic heterocycles. The Bertz CT molecular complexity index is 1260. The third-order valence-corrected chi connectivity index (χ3v) is 6.11. The zero-order chi connectivity index (χ0) is 22.1. The monoisotopic (exact) mass is 431 g/mol. The topological polar surface area (TPSA) is 38.1 Å². The van der Waals surface area contributed by atoms with Crippen molar-refractivity contribution in [1.82, 2.24) is 14.5 Å². The summed E-state index contributed by atoms with van der Waals surface area (Å²) in [6.45, 7) is 1.20. The fourth-order valence-electron chi connectivity index (χ4n) is 4.53. The molecule has 162 valence electrons. The molecule has 3 aromatic carbocycles. The Labute approximate surface area is 185 Å². The summed E-state index contributed by atoms with van der Waals surface area (Å²) in [5.74, 6) is 0.192. The van der Waals surface area contributed by atoms with Crippen LogP contribution in [-0.2, 0) is 11.2 Å². The highest BCUT2D eigenvalue weighted by Gasteiger charge is 2.27. The molecular formula is C26H23F2N3O. The van der Waals surface area contributed by atoms with Crippen LogP contribution in [0, 0.1) is 11.6 Å². The maximum absolute atomic E-state index is 14.1. The van der Waals surface area contributed by atoms with Gasteiger partial charge in [-0.3, -0.25) is 4.79 Å². The molecule has 0 N–H and O–H groups in total. The molecule has 0 unspecified atom stereocenters. The third-order valence-electron chi connectivity index (χ3n) is 6.11. The summed E-state index contributed by atoms with van der Waals surface area (Å²) in [6, 6.07) is 20.9. The van der Waals surface area contributed by atoms with E-state index in [4.69, 9.17) is 4.98 Å². The number of rotatable bonds is 4. The molecule has 4 nitrogen and oxygen atoms in total. The maximum atomic E-state index is 14.1. The molecule has 0 aliphatic carbocycles. The highest BCUT2D eigenvalue weighted by atomic mass is 19.1. The Morgan fingerprint density at radius 1 is 0.906 bits per heavy atom. The average Bonchev–Trinajstić information content (AvgIpc) is 3.18. The fraction of sp³-hybridized carbons (Fsp3) is 0.231. The van der Waals surface area contributed by atoms with Crippen molar-refractivity contribution < 1.29 is 13.6 Å². The number of hydrogen-bond acceptors (Lipinski definition) is 2. The van der Waals surface area contributed by atoms with Crippen molar-refractivity contribution in [2.45, 2.75) is 25.3 Å². The molecule has 1 amide bonds. The van der Waals surface area contributed by atoms with Crippen molar-refractivity contribution in [1.29, 1.82) is 0 Å². The lowest BCUT2D eigenvalue weighted by Gasteiger charge is -2.33. The summed E-state index contributed by atoms with van der Waals surface area (Å²) >= 11 is 0. The number of carbonyl (C=O) groups is 1. The number of fused-ring (bicyclic) bond motifs is 1. The van der Waals surface area contributed by atoms with Gasteiger partial charge in [0, 0.05) is 24.7 Å². The predicted molar refractivity (Wildman–Crippen MR) is 120 cm³/mol. The number of carbonyl (C=O) groups excluding carboxylic acids is 1. The number of benzene rings is 3. The predicted octanol–water partition coefficient (Wildman–Crippen LogP) is 5.39. The first-order valence-electron chi connectivity index (χ1n) is 10.8. The smallest absolute Gasteiger partial charge is 0.226 e. The summed E-state index contributed by atoms with van der Waals surface area (Å²) in [7, 11) is 0. The number of likely N-dealkylation sites (tertiary alicyclic amines) is 1. The maximum Gasteiger partial charge on any atom is 0.226 e. The first kappa shape index (κ1) is 20.4. The lowest BCUT2D eigenvalue weighted by Crippen LogP contribution is -2.40. The second-order valence-electron chi connectivity index (χ2n) is 8.22. The minimum atomic E-state index is -0.332. The quantitative estimate of drug-likeness (QED) is 0.435. The van der Waals surface area contributed by atoms with Crippen LogP contribution in [0.2, 0.25) is 0 Å². The van der Waals surface area contributed by atoms with E-state index in [1.165, 1.54) is 24.3 Å². The van der Waals surface area contributed by atoms with Crippen molar-refractivity contribution in [3.63, 3.8) is 0 Å². The zero-order valence-corrected chi connectivity index (χ0v) is 17.5. The molecule has 1 aliphatic rings. The van der Waals surface area contributed by atoms with Gasteiger partial charge in [0.05, 0.1) is 17.5 Å². The van der Waals surface area contributed by atoms with Gasteiger partial charge in [-0.1, -0.05) is 42.5 Å². The van der Waals surface area contributed by atoms with Crippen LogP contribution in [0.3, 0.4) is 0 Å². The van der Waals surface area contributed by atoms with Crippen molar-refractivity contribution in [2.24, 2.45) is 0 Å². The Kier molecular flexibility index (Phi) is 5.43. The van der Waals surface area contributed by atoms with E-state index in [2.05, 4.69) is 4.57 Å². The van der Waals surface area contributed by atoms with Gasteiger partial charge in [-0.05, 0) is 48.7 Å². The van der Waals surface area contributed by atoms with Crippen molar-refractivity contribution in [3.8, 4) is 11.4 Å². The molecule has 32 heavy (non-hydrogen) atoms. The molecule has 0 saturated carbocycles. The number of aromatic nitrogens is 2. The standard InChI is InChI=1S/C26H23F2N3O/c27-20-8-4-5-18(15-20)16-25(32)30-13-11-22(12-14-30)31-24-17-21(28)9-10-23(24)29-26(31)19-6-2-1-3-7-19/h1-10,15,17,22H,11-14,16H2. The highest BCUT2D eigenvalue weighted by Crippen LogP contribution is 2.33. The van der Waals surface area contributed by atoms with Crippen LogP contribution in [0.1, 0.15) is 24.4 Å². The van der Waals surface area contributed by atoms with E-state index in [1.54, 1.807) is 18.2 Å². The molecule has 4 aromatic rings. The third kappa shape index (κ3) is 4.00. The largest absolute Gasteiger partial charge is 0.342 e. The van der Waals surface area contributed by atoms with Gasteiger partial charge >= 0.3 is 0 Å². The number of piperidine rings is 1. The minimum Gasteiger partial charge on any atom is -0.342 e. The number of imidazole rings is 1. The lowest BCUT2D eigenvalue weighted by molar-refractivity contribution is -0.131. The van der Waals surface area contributed by atoms with Crippen molar-refractivity contribution in [2.75, 3.05) is 13.1 Å². The summed E-state index contributed by atoms with van der Waals surface area (Å²) in [5, 5.41) is 0. The molecule has 2 heterocycles. The van der Waals surface area contributed by atoms with Crippen LogP contribution in [0.4, 0.5) is 8.78 Å². The van der Waals surface area contributed by atoms with Crippen molar-refractivity contribution in [3.05, 3.63) is 90.0 Å². The molecule has 1 saturated heterocycles. The first-order valence-corrected chi connectivity index (χ1v) is 10.8. The van der Waals surface area contributed by atoms with E-state index in [0.717, 1.165) is 35.3 Å². The van der Waals surface area contributed by atoms with Gasteiger partial charge in [0.15, 0.2) is 0 Å². The van der Waals surface area contributed by atoms with Gasteiger partial charge in [0.25, 0.3) is 0 Å². The Morgan fingerprint density at radius 3 is 2.41 bits per heavy atom. The van der Waals surface area contributed by atoms with Gasteiger partial charge < -0.3 is 9.47 Å². The molecule has 1 aliphatic heterocycles. The van der Waals surface area contributed by atoms with E-state index in [9.17, 15) is 13.6 Å². The lowest BCUT2D eigenvalue weighted by atomic mass is 10.0. The van der Waals surface area contributed by atoms with E-state index >= 15 is 0 Å². The normalized spacial score (nSPS) is 14.8. The summed E-state index contributed by atoms with van der Waals surface area (Å²) in [4.78, 5) is 19.4. The first-order chi connectivity index (χ1) is 15.6. The number of hydrogen-bond donors (Lipinski definition) is 0. The van der Waals surface area contributed by atoms with Crippen LogP contribution in [-0.4, -0.2) is 33.4 Å². The van der Waals surface area contributed by atoms with Crippen molar-refractivity contribution >= 4 is 16.9 Å². The summed E-state index contributed by atoms with van der Waals surface area (Å²) in [6.07, 6.45) is 1.68. The number of halogens is 2. The van der Waals surface area contributed by atoms with Crippen LogP contribution < -0.4 is 0 Å². The minimum absolute atomic E-state index is 0.00105. The second-order valence-corrected chi connectivity index (χ2v) is 8.22. The van der Waals surface area contributed by atoms with Gasteiger partial charge in [-0.15, -0.1) is 0 Å². The van der Waals surface area contributed by atoms with Crippen LogP contribution in [0.5, 0.6) is 0 Å². The molecule has 0 spiro atoms. The van der Waals surface area contributed by atoms with E-state index in [1.807, 2.05) is 35.2 Å². The Morgan fingerprint density at radius 2 is 1.66 bits per heavy atom. The molecule has 0 bridgehead atoms. The van der Waals surface area contributed by atoms with Crippen LogP contribution >= 0.6 is 0 Å². The molecule has 0 radical (unpaired) electrons. The van der Waals surface area contributed by atoms with Gasteiger partial charge in [-0.2, -0.15) is 0 Å². The van der Waals surface area contributed by atoms with Gasteiger partial charge in [0.1, 0.15) is 17.5 Å². The Balaban J connectivity index is 1.39.